The molecule has 1 unspecified atom stereocenters. The molecule has 0 aliphatic rings. The Hall–Kier alpha value is -2.59. The SMILES string of the molecule is C=CC(=O)OC(COCC)COc1ccc(Cc2ccccc2)cc1. The van der Waals surface area contributed by atoms with Gasteiger partial charge in [0.05, 0.1) is 6.61 Å². The van der Waals surface area contributed by atoms with Crippen molar-refractivity contribution in [3.8, 4) is 5.75 Å². The summed E-state index contributed by atoms with van der Waals surface area (Å²) in [7, 11) is 0. The summed E-state index contributed by atoms with van der Waals surface area (Å²) in [4.78, 5) is 11.4. The molecule has 2 aromatic carbocycles. The van der Waals surface area contributed by atoms with E-state index < -0.39 is 12.1 Å². The maximum Gasteiger partial charge on any atom is 0.330 e. The van der Waals surface area contributed by atoms with E-state index >= 15 is 0 Å². The number of hydrogen-bond acceptors (Lipinski definition) is 4. The van der Waals surface area contributed by atoms with Crippen molar-refractivity contribution in [2.24, 2.45) is 0 Å². The standard InChI is InChI=1S/C21H24O4/c1-3-21(22)25-20(15-23-4-2)16-24-19-12-10-18(11-13-19)14-17-8-6-5-7-9-17/h3,5-13,20H,1,4,14-16H2,2H3. The van der Waals surface area contributed by atoms with E-state index in [-0.39, 0.29) is 6.61 Å². The first-order chi connectivity index (χ1) is 12.2. The van der Waals surface area contributed by atoms with Crippen LogP contribution in [0.4, 0.5) is 0 Å². The van der Waals surface area contributed by atoms with E-state index in [1.165, 1.54) is 11.1 Å². The first kappa shape index (κ1) is 18.7. The average molecular weight is 340 g/mol. The highest BCUT2D eigenvalue weighted by Gasteiger charge is 2.14. The summed E-state index contributed by atoms with van der Waals surface area (Å²) in [6.45, 7) is 6.37. The lowest BCUT2D eigenvalue weighted by molar-refractivity contribution is -0.147. The quantitative estimate of drug-likeness (QED) is 0.488. The van der Waals surface area contributed by atoms with Crippen LogP contribution in [0.3, 0.4) is 0 Å². The van der Waals surface area contributed by atoms with E-state index in [1.54, 1.807) is 0 Å². The minimum absolute atomic E-state index is 0.234. The number of rotatable bonds is 10. The maximum atomic E-state index is 11.4. The Morgan fingerprint density at radius 2 is 1.72 bits per heavy atom. The Kier molecular flexibility index (Phi) is 7.73. The van der Waals surface area contributed by atoms with Gasteiger partial charge in [-0.3, -0.25) is 0 Å². The van der Waals surface area contributed by atoms with Crippen LogP contribution in [0.2, 0.25) is 0 Å². The van der Waals surface area contributed by atoms with Crippen molar-refractivity contribution in [3.05, 3.63) is 78.4 Å². The van der Waals surface area contributed by atoms with Gasteiger partial charge in [0.1, 0.15) is 12.4 Å². The molecule has 1 atom stereocenters. The van der Waals surface area contributed by atoms with E-state index in [1.807, 2.05) is 49.4 Å². The lowest BCUT2D eigenvalue weighted by atomic mass is 10.1. The van der Waals surface area contributed by atoms with Crippen molar-refractivity contribution in [1.29, 1.82) is 0 Å². The van der Waals surface area contributed by atoms with Gasteiger partial charge in [-0.1, -0.05) is 49.0 Å². The number of esters is 1. The molecule has 4 heteroatoms. The summed E-state index contributed by atoms with van der Waals surface area (Å²) in [5, 5.41) is 0. The fraction of sp³-hybridized carbons (Fsp3) is 0.286. The number of ether oxygens (including phenoxy) is 3. The van der Waals surface area contributed by atoms with E-state index in [0.717, 1.165) is 18.2 Å². The van der Waals surface area contributed by atoms with Gasteiger partial charge in [-0.25, -0.2) is 4.79 Å². The summed E-state index contributed by atoms with van der Waals surface area (Å²) in [5.74, 6) is 0.250. The van der Waals surface area contributed by atoms with E-state index in [4.69, 9.17) is 14.2 Å². The van der Waals surface area contributed by atoms with Crippen LogP contribution in [0.15, 0.2) is 67.3 Å². The molecule has 0 bridgehead atoms. The molecule has 0 saturated heterocycles. The number of benzene rings is 2. The highest BCUT2D eigenvalue weighted by molar-refractivity contribution is 5.81. The third kappa shape index (κ3) is 6.81. The topological polar surface area (TPSA) is 44.8 Å². The molecule has 0 aliphatic carbocycles. The lowest BCUT2D eigenvalue weighted by Gasteiger charge is -2.17. The molecule has 0 N–H and O–H groups in total. The molecule has 4 nitrogen and oxygen atoms in total. The zero-order valence-electron chi connectivity index (χ0n) is 14.5. The van der Waals surface area contributed by atoms with Gasteiger partial charge >= 0.3 is 5.97 Å². The van der Waals surface area contributed by atoms with Gasteiger partial charge in [-0.05, 0) is 36.6 Å². The van der Waals surface area contributed by atoms with Crippen LogP contribution in [-0.4, -0.2) is 31.9 Å². The Morgan fingerprint density at radius 1 is 1.04 bits per heavy atom. The van der Waals surface area contributed by atoms with Crippen LogP contribution in [0.25, 0.3) is 0 Å². The molecule has 0 aliphatic heterocycles. The first-order valence-corrected chi connectivity index (χ1v) is 8.37. The predicted octanol–water partition coefficient (Wildman–Crippen LogP) is 3.79. The minimum Gasteiger partial charge on any atom is -0.490 e. The van der Waals surface area contributed by atoms with Gasteiger partial charge in [0.25, 0.3) is 0 Å². The smallest absolute Gasteiger partial charge is 0.330 e. The van der Waals surface area contributed by atoms with Crippen LogP contribution in [0, 0.1) is 0 Å². The van der Waals surface area contributed by atoms with Crippen LogP contribution in [0.1, 0.15) is 18.1 Å². The first-order valence-electron chi connectivity index (χ1n) is 8.37. The fourth-order valence-electron chi connectivity index (χ4n) is 2.30. The van der Waals surface area contributed by atoms with Crippen molar-refractivity contribution in [2.45, 2.75) is 19.4 Å². The maximum absolute atomic E-state index is 11.4. The van der Waals surface area contributed by atoms with Crippen molar-refractivity contribution < 1.29 is 19.0 Å². The summed E-state index contributed by atoms with van der Waals surface area (Å²) < 4.78 is 16.3. The Bertz CT molecular complexity index is 649. The third-order valence-electron chi connectivity index (χ3n) is 3.57. The molecule has 0 heterocycles. The lowest BCUT2D eigenvalue weighted by Crippen LogP contribution is -2.29. The molecule has 0 aromatic heterocycles. The molecule has 25 heavy (non-hydrogen) atoms. The van der Waals surface area contributed by atoms with Gasteiger partial charge in [0, 0.05) is 12.7 Å². The van der Waals surface area contributed by atoms with Crippen molar-refractivity contribution >= 4 is 5.97 Å². The highest BCUT2D eigenvalue weighted by atomic mass is 16.6. The van der Waals surface area contributed by atoms with Gasteiger partial charge in [0.15, 0.2) is 6.10 Å². The minimum atomic E-state index is -0.480. The number of carbonyl (C=O) groups excluding carboxylic acids is 1. The number of hydrogen-bond donors (Lipinski definition) is 0. The summed E-state index contributed by atoms with van der Waals surface area (Å²) in [5.41, 5.74) is 2.48. The van der Waals surface area contributed by atoms with Gasteiger partial charge in [0.2, 0.25) is 0 Å². The fourth-order valence-corrected chi connectivity index (χ4v) is 2.30. The highest BCUT2D eigenvalue weighted by Crippen LogP contribution is 2.16. The molecule has 0 saturated carbocycles. The molecular formula is C21H24O4. The monoisotopic (exact) mass is 340 g/mol. The normalized spacial score (nSPS) is 11.6. The van der Waals surface area contributed by atoms with Gasteiger partial charge in [-0.15, -0.1) is 0 Å². The van der Waals surface area contributed by atoms with E-state index in [2.05, 4.69) is 18.7 Å². The predicted molar refractivity (Wildman–Crippen MR) is 97.8 cm³/mol. The summed E-state index contributed by atoms with van der Waals surface area (Å²) in [6.07, 6.45) is 1.55. The average Bonchev–Trinajstić information content (AvgIpc) is 2.65. The Labute approximate surface area is 149 Å². The summed E-state index contributed by atoms with van der Waals surface area (Å²) in [6, 6.07) is 18.2. The number of carbonyl (C=O) groups is 1. The van der Waals surface area contributed by atoms with Crippen LogP contribution in [0.5, 0.6) is 5.75 Å². The zero-order valence-corrected chi connectivity index (χ0v) is 14.5. The molecule has 0 radical (unpaired) electrons. The Balaban J connectivity index is 1.88. The molecule has 0 spiro atoms. The molecule has 0 amide bonds. The zero-order chi connectivity index (χ0) is 17.9. The molecule has 2 aromatic rings. The van der Waals surface area contributed by atoms with Gasteiger partial charge in [-0.2, -0.15) is 0 Å². The molecular weight excluding hydrogens is 316 g/mol. The van der Waals surface area contributed by atoms with E-state index in [0.29, 0.717) is 13.2 Å². The second-order valence-corrected chi connectivity index (χ2v) is 5.54. The van der Waals surface area contributed by atoms with Crippen LogP contribution < -0.4 is 4.74 Å². The second-order valence-electron chi connectivity index (χ2n) is 5.54. The molecule has 0 fully saturated rings. The van der Waals surface area contributed by atoms with Gasteiger partial charge < -0.3 is 14.2 Å². The second kappa shape index (κ2) is 10.3. The third-order valence-corrected chi connectivity index (χ3v) is 3.57. The Morgan fingerprint density at radius 3 is 2.36 bits per heavy atom. The van der Waals surface area contributed by atoms with Crippen LogP contribution >= 0.6 is 0 Å². The molecule has 2 rings (SSSR count). The van der Waals surface area contributed by atoms with Crippen molar-refractivity contribution in [2.75, 3.05) is 19.8 Å². The largest absolute Gasteiger partial charge is 0.490 e. The van der Waals surface area contributed by atoms with Crippen LogP contribution in [-0.2, 0) is 20.7 Å². The summed E-state index contributed by atoms with van der Waals surface area (Å²) >= 11 is 0. The molecule has 132 valence electrons. The van der Waals surface area contributed by atoms with Crippen molar-refractivity contribution in [1.82, 2.24) is 0 Å². The van der Waals surface area contributed by atoms with E-state index in [9.17, 15) is 4.79 Å². The van der Waals surface area contributed by atoms with Crippen molar-refractivity contribution in [3.63, 3.8) is 0 Å².